The van der Waals surface area contributed by atoms with Gasteiger partial charge in [0.2, 0.25) is 5.88 Å². The summed E-state index contributed by atoms with van der Waals surface area (Å²) >= 11 is 0. The molecule has 2 N–H and O–H groups in total. The van der Waals surface area contributed by atoms with E-state index < -0.39 is 5.60 Å². The summed E-state index contributed by atoms with van der Waals surface area (Å²) in [4.78, 5) is 0. The predicted molar refractivity (Wildman–Crippen MR) is 66.6 cm³/mol. The molecule has 1 aliphatic rings. The summed E-state index contributed by atoms with van der Waals surface area (Å²) < 4.78 is 12.2. The van der Waals surface area contributed by atoms with Gasteiger partial charge in [-0.2, -0.15) is 5.10 Å². The van der Waals surface area contributed by atoms with E-state index in [1.165, 1.54) is 0 Å². The van der Waals surface area contributed by atoms with Crippen molar-refractivity contribution in [2.24, 2.45) is 7.05 Å². The molecule has 6 nitrogen and oxygen atoms in total. The average molecular weight is 255 g/mol. The molecular formula is C12H21N3O3. The Morgan fingerprint density at radius 2 is 2.39 bits per heavy atom. The zero-order chi connectivity index (χ0) is 13.2. The Hall–Kier alpha value is -1.11. The fraction of sp³-hybridized carbons (Fsp3) is 0.750. The minimum atomic E-state index is -0.733. The van der Waals surface area contributed by atoms with Crippen molar-refractivity contribution in [3.63, 3.8) is 0 Å². The Labute approximate surface area is 107 Å². The summed E-state index contributed by atoms with van der Waals surface area (Å²) in [5.41, 5.74) is 1.24. The van der Waals surface area contributed by atoms with Gasteiger partial charge in [-0.1, -0.05) is 0 Å². The number of methoxy groups -OCH3 is 1. The molecule has 1 unspecified atom stereocenters. The van der Waals surface area contributed by atoms with E-state index in [0.29, 0.717) is 32.7 Å². The van der Waals surface area contributed by atoms with Crippen LogP contribution in [-0.2, 0) is 18.3 Å². The second kappa shape index (κ2) is 5.26. The minimum Gasteiger partial charge on any atom is -0.481 e. The second-order valence-electron chi connectivity index (χ2n) is 4.83. The normalized spacial score (nSPS) is 23.6. The molecule has 0 aromatic carbocycles. The van der Waals surface area contributed by atoms with E-state index >= 15 is 0 Å². The molecule has 1 saturated heterocycles. The van der Waals surface area contributed by atoms with Crippen LogP contribution in [0.3, 0.4) is 0 Å². The number of hydrogen-bond donors (Lipinski definition) is 2. The molecule has 0 aliphatic carbocycles. The molecular weight excluding hydrogens is 234 g/mol. The lowest BCUT2D eigenvalue weighted by Crippen LogP contribution is -2.40. The van der Waals surface area contributed by atoms with Crippen LogP contribution >= 0.6 is 0 Å². The lowest BCUT2D eigenvalue weighted by atomic mass is 10.0. The van der Waals surface area contributed by atoms with E-state index in [2.05, 4.69) is 10.4 Å². The third-order valence-electron chi connectivity index (χ3n) is 3.32. The molecule has 18 heavy (non-hydrogen) atoms. The summed E-state index contributed by atoms with van der Waals surface area (Å²) in [5, 5.41) is 17.7. The van der Waals surface area contributed by atoms with Crippen molar-refractivity contribution < 1.29 is 14.6 Å². The van der Waals surface area contributed by atoms with E-state index in [9.17, 15) is 5.11 Å². The Morgan fingerprint density at radius 1 is 1.61 bits per heavy atom. The molecule has 2 heterocycles. The maximum Gasteiger partial charge on any atom is 0.216 e. The molecule has 1 aromatic rings. The topological polar surface area (TPSA) is 68.5 Å². The number of hydrogen-bond acceptors (Lipinski definition) is 5. The molecule has 0 radical (unpaired) electrons. The predicted octanol–water partition coefficient (Wildman–Crippen LogP) is -0.0219. The van der Waals surface area contributed by atoms with E-state index in [4.69, 9.17) is 9.47 Å². The maximum absolute atomic E-state index is 10.1. The maximum atomic E-state index is 10.1. The van der Waals surface area contributed by atoms with Crippen molar-refractivity contribution in [2.45, 2.75) is 25.5 Å². The van der Waals surface area contributed by atoms with Gasteiger partial charge in [0.05, 0.1) is 25.0 Å². The summed E-state index contributed by atoms with van der Waals surface area (Å²) in [7, 11) is 3.49. The van der Waals surface area contributed by atoms with Gasteiger partial charge in [-0.15, -0.1) is 0 Å². The van der Waals surface area contributed by atoms with Gasteiger partial charge in [-0.3, -0.25) is 0 Å². The highest BCUT2D eigenvalue weighted by Crippen LogP contribution is 2.21. The Morgan fingerprint density at radius 3 is 3.00 bits per heavy atom. The van der Waals surface area contributed by atoms with Gasteiger partial charge < -0.3 is 19.9 Å². The molecule has 2 rings (SSSR count). The number of aliphatic hydroxyl groups is 1. The van der Waals surface area contributed by atoms with Gasteiger partial charge in [-0.05, 0) is 6.92 Å². The number of nitrogens with zero attached hydrogens (tertiary/aromatic N) is 2. The molecule has 1 fully saturated rings. The number of aromatic nitrogens is 2. The first-order valence-electron chi connectivity index (χ1n) is 6.13. The first-order chi connectivity index (χ1) is 8.56. The molecule has 0 spiro atoms. The van der Waals surface area contributed by atoms with Crippen LogP contribution in [0, 0.1) is 6.92 Å². The van der Waals surface area contributed by atoms with Crippen LogP contribution in [-0.4, -0.2) is 47.4 Å². The fourth-order valence-corrected chi connectivity index (χ4v) is 2.30. The quantitative estimate of drug-likeness (QED) is 0.774. The van der Waals surface area contributed by atoms with Crippen LogP contribution in [0.5, 0.6) is 5.88 Å². The van der Waals surface area contributed by atoms with Gasteiger partial charge in [0, 0.05) is 33.2 Å². The van der Waals surface area contributed by atoms with Gasteiger partial charge in [-0.25, -0.2) is 4.68 Å². The fourth-order valence-electron chi connectivity index (χ4n) is 2.30. The zero-order valence-electron chi connectivity index (χ0n) is 11.2. The Balaban J connectivity index is 1.94. The molecule has 6 heteroatoms. The summed E-state index contributed by atoms with van der Waals surface area (Å²) in [6.07, 6.45) is 0.684. The van der Waals surface area contributed by atoms with Crippen molar-refractivity contribution in [2.75, 3.05) is 26.9 Å². The Kier molecular flexibility index (Phi) is 3.89. The highest BCUT2D eigenvalue weighted by molar-refractivity contribution is 5.30. The summed E-state index contributed by atoms with van der Waals surface area (Å²) in [6, 6.07) is 0. The molecule has 0 bridgehead atoms. The van der Waals surface area contributed by atoms with Crippen LogP contribution in [0.15, 0.2) is 0 Å². The van der Waals surface area contributed by atoms with E-state index in [-0.39, 0.29) is 0 Å². The van der Waals surface area contributed by atoms with Crippen LogP contribution in [0.25, 0.3) is 0 Å². The number of ether oxygens (including phenoxy) is 2. The molecule has 0 saturated carbocycles. The van der Waals surface area contributed by atoms with Crippen molar-refractivity contribution in [1.82, 2.24) is 15.1 Å². The number of rotatable bonds is 5. The van der Waals surface area contributed by atoms with Crippen molar-refractivity contribution in [1.29, 1.82) is 0 Å². The Bertz CT molecular complexity index is 411. The van der Waals surface area contributed by atoms with Crippen molar-refractivity contribution >= 4 is 0 Å². The third kappa shape index (κ3) is 2.66. The van der Waals surface area contributed by atoms with E-state index in [1.807, 2.05) is 14.0 Å². The zero-order valence-corrected chi connectivity index (χ0v) is 11.2. The highest BCUT2D eigenvalue weighted by atomic mass is 16.5. The first-order valence-corrected chi connectivity index (χ1v) is 6.13. The van der Waals surface area contributed by atoms with E-state index in [1.54, 1.807) is 11.8 Å². The van der Waals surface area contributed by atoms with Crippen molar-refractivity contribution in [3.8, 4) is 5.88 Å². The highest BCUT2D eigenvalue weighted by Gasteiger charge is 2.31. The molecule has 1 atom stereocenters. The van der Waals surface area contributed by atoms with E-state index in [0.717, 1.165) is 17.1 Å². The largest absolute Gasteiger partial charge is 0.481 e. The number of nitrogens with one attached hydrogen (secondary N) is 1. The SMILES string of the molecule is COc1c(CNCC2(O)CCOC2)c(C)nn1C. The van der Waals surface area contributed by atoms with Crippen LogP contribution in [0.4, 0.5) is 0 Å². The second-order valence-corrected chi connectivity index (χ2v) is 4.83. The molecule has 0 amide bonds. The number of aryl methyl sites for hydroxylation is 2. The molecule has 102 valence electrons. The van der Waals surface area contributed by atoms with Crippen LogP contribution in [0.1, 0.15) is 17.7 Å². The van der Waals surface area contributed by atoms with Crippen LogP contribution in [0.2, 0.25) is 0 Å². The lowest BCUT2D eigenvalue weighted by Gasteiger charge is -2.20. The third-order valence-corrected chi connectivity index (χ3v) is 3.32. The summed E-state index contributed by atoms with van der Waals surface area (Å²) in [5.74, 6) is 0.759. The average Bonchev–Trinajstić information content (AvgIpc) is 2.85. The smallest absolute Gasteiger partial charge is 0.216 e. The monoisotopic (exact) mass is 255 g/mol. The van der Waals surface area contributed by atoms with Gasteiger partial charge in [0.15, 0.2) is 0 Å². The van der Waals surface area contributed by atoms with Gasteiger partial charge >= 0.3 is 0 Å². The lowest BCUT2D eigenvalue weighted by molar-refractivity contribution is 0.0268. The van der Waals surface area contributed by atoms with Gasteiger partial charge in [0.1, 0.15) is 5.60 Å². The summed E-state index contributed by atoms with van der Waals surface area (Å²) in [6.45, 7) is 4.14. The first kappa shape index (κ1) is 13.3. The van der Waals surface area contributed by atoms with Gasteiger partial charge in [0.25, 0.3) is 0 Å². The van der Waals surface area contributed by atoms with Crippen LogP contribution < -0.4 is 10.1 Å². The molecule has 1 aliphatic heterocycles. The van der Waals surface area contributed by atoms with Crippen molar-refractivity contribution in [3.05, 3.63) is 11.3 Å². The standard InChI is InChI=1S/C12H21N3O3/c1-9-10(11(17-3)15(2)14-9)6-13-7-12(16)4-5-18-8-12/h13,16H,4-8H2,1-3H3. The minimum absolute atomic E-state index is 0.406. The molecule has 1 aromatic heterocycles.